The highest BCUT2D eigenvalue weighted by Gasteiger charge is 2.21. The van der Waals surface area contributed by atoms with Gasteiger partial charge in [-0.25, -0.2) is 0 Å². The molecule has 0 unspecified atom stereocenters. The maximum atomic E-state index is 5.62. The summed E-state index contributed by atoms with van der Waals surface area (Å²) in [6.45, 7) is 7.99. The Hall–Kier alpha value is -2.37. The Bertz CT molecular complexity index is 809. The van der Waals surface area contributed by atoms with Gasteiger partial charge in [0.05, 0.1) is 18.5 Å². The van der Waals surface area contributed by atoms with Gasteiger partial charge in [-0.15, -0.1) is 15.3 Å². The van der Waals surface area contributed by atoms with Crippen LogP contribution in [-0.4, -0.2) is 30.0 Å². The second kappa shape index (κ2) is 7.89. The first kappa shape index (κ1) is 18.4. The first-order valence-corrected chi connectivity index (χ1v) is 9.49. The molecule has 0 spiro atoms. The summed E-state index contributed by atoms with van der Waals surface area (Å²) >= 11 is 0. The monoisotopic (exact) mass is 355 g/mol. The molecule has 0 saturated carbocycles. The van der Waals surface area contributed by atoms with Gasteiger partial charge in [0.15, 0.2) is 5.75 Å². The third-order valence-electron chi connectivity index (χ3n) is 4.84. The van der Waals surface area contributed by atoms with Crippen LogP contribution in [0.4, 0.5) is 17.2 Å². The van der Waals surface area contributed by atoms with E-state index in [2.05, 4.69) is 47.2 Å². The molecule has 1 aliphatic rings. The molecule has 1 aliphatic heterocycles. The molecule has 0 saturated heterocycles. The Balaban J connectivity index is 2.04. The molecule has 0 bridgehead atoms. The number of anilines is 1. The normalized spacial score (nSPS) is 14.1. The number of rotatable bonds is 6. The Morgan fingerprint density at radius 3 is 2.77 bits per heavy atom. The average molecular weight is 355 g/mol. The molecule has 0 N–H and O–H groups in total. The minimum atomic E-state index is 0.533. The second-order valence-corrected chi connectivity index (χ2v) is 6.92. The van der Waals surface area contributed by atoms with Crippen molar-refractivity contribution < 1.29 is 4.74 Å². The van der Waals surface area contributed by atoms with E-state index in [1.807, 2.05) is 20.2 Å². The fraction of sp³-hybridized carbons (Fsp3) is 0.550. The van der Waals surface area contributed by atoms with Crippen LogP contribution < -0.4 is 9.64 Å². The third-order valence-corrected chi connectivity index (χ3v) is 4.84. The van der Waals surface area contributed by atoms with Crippen LogP contribution in [0.15, 0.2) is 22.5 Å². The van der Waals surface area contributed by atoms with Gasteiger partial charge < -0.3 is 9.64 Å². The van der Waals surface area contributed by atoms with Gasteiger partial charge in [0.1, 0.15) is 0 Å². The predicted molar refractivity (Wildman–Crippen MR) is 105 cm³/mol. The summed E-state index contributed by atoms with van der Waals surface area (Å²) in [4.78, 5) is 2.36. The molecule has 3 rings (SSSR count). The van der Waals surface area contributed by atoms with Crippen molar-refractivity contribution in [2.75, 3.05) is 25.1 Å². The molecule has 0 radical (unpaired) electrons. The zero-order valence-corrected chi connectivity index (χ0v) is 16.5. The highest BCUT2D eigenvalue weighted by atomic mass is 16.5. The van der Waals surface area contributed by atoms with E-state index >= 15 is 0 Å². The van der Waals surface area contributed by atoms with Crippen LogP contribution >= 0.6 is 0 Å². The quantitative estimate of drug-likeness (QED) is 0.694. The number of hydrogen-bond acceptors (Lipinski definition) is 5. The summed E-state index contributed by atoms with van der Waals surface area (Å²) in [6.07, 6.45) is 6.25. The average Bonchev–Trinajstić information content (AvgIpc) is 2.95. The lowest BCUT2D eigenvalue weighted by Gasteiger charge is -2.30. The first-order valence-electron chi connectivity index (χ1n) is 9.49. The van der Waals surface area contributed by atoms with E-state index in [4.69, 9.17) is 4.74 Å². The minimum Gasteiger partial charge on any atom is -0.488 e. The molecule has 2 aromatic rings. The van der Waals surface area contributed by atoms with E-state index in [-0.39, 0.29) is 0 Å². The lowest BCUT2D eigenvalue weighted by molar-refractivity contribution is 0.341. The van der Waals surface area contributed by atoms with Crippen LogP contribution in [0.2, 0.25) is 0 Å². The Labute approximate surface area is 155 Å². The molecule has 2 heterocycles. The number of fused-ring (bicyclic) bond motifs is 1. The van der Waals surface area contributed by atoms with Crippen molar-refractivity contribution in [2.24, 2.45) is 17.3 Å². The summed E-state index contributed by atoms with van der Waals surface area (Å²) in [7, 11) is 4.04. The molecule has 6 nitrogen and oxygen atoms in total. The lowest BCUT2D eigenvalue weighted by atomic mass is 9.90. The van der Waals surface area contributed by atoms with Crippen molar-refractivity contribution in [3.63, 3.8) is 0 Å². The maximum absolute atomic E-state index is 5.62. The first-order chi connectivity index (χ1) is 12.5. The molecule has 0 fully saturated rings. The fourth-order valence-electron chi connectivity index (χ4n) is 3.67. The topological polar surface area (TPSA) is 55.0 Å². The van der Waals surface area contributed by atoms with Crippen LogP contribution in [0.1, 0.15) is 43.4 Å². The summed E-state index contributed by atoms with van der Waals surface area (Å²) in [6, 6.07) is 2.25. The van der Waals surface area contributed by atoms with E-state index in [0.29, 0.717) is 18.2 Å². The van der Waals surface area contributed by atoms with Crippen LogP contribution in [0, 0.1) is 6.92 Å². The Morgan fingerprint density at radius 2 is 2.04 bits per heavy atom. The summed E-state index contributed by atoms with van der Waals surface area (Å²) < 4.78 is 7.32. The van der Waals surface area contributed by atoms with Gasteiger partial charge in [-0.3, -0.25) is 4.68 Å². The molecule has 1 aromatic heterocycles. The van der Waals surface area contributed by atoms with Crippen LogP contribution in [0.5, 0.6) is 5.75 Å². The molecular formula is C20H29N5O. The van der Waals surface area contributed by atoms with E-state index in [1.165, 1.54) is 28.8 Å². The molecule has 0 amide bonds. The number of hydrogen-bond donors (Lipinski definition) is 0. The van der Waals surface area contributed by atoms with Gasteiger partial charge in [0, 0.05) is 26.3 Å². The lowest BCUT2D eigenvalue weighted by Crippen LogP contribution is -2.25. The van der Waals surface area contributed by atoms with Crippen LogP contribution in [0.25, 0.3) is 0 Å². The molecule has 140 valence electrons. The standard InChI is InChI=1S/C20H29N5O/c1-6-9-16-15-10-8-11-24(4)17(15)12-14(3)19(16)21-22-20-18(26-7-2)13-25(5)23-20/h12-13H,6-11H2,1-5H3. The van der Waals surface area contributed by atoms with E-state index in [1.54, 1.807) is 4.68 Å². The largest absolute Gasteiger partial charge is 0.488 e. The maximum Gasteiger partial charge on any atom is 0.237 e. The minimum absolute atomic E-state index is 0.533. The molecule has 26 heavy (non-hydrogen) atoms. The Morgan fingerprint density at radius 1 is 1.23 bits per heavy atom. The zero-order chi connectivity index (χ0) is 18.7. The summed E-state index contributed by atoms with van der Waals surface area (Å²) in [5, 5.41) is 13.4. The van der Waals surface area contributed by atoms with Crippen LogP contribution in [0.3, 0.4) is 0 Å². The number of azo groups is 1. The highest BCUT2D eigenvalue weighted by molar-refractivity contribution is 5.69. The molecule has 6 heteroatoms. The number of aryl methyl sites for hydroxylation is 2. The smallest absolute Gasteiger partial charge is 0.237 e. The van der Waals surface area contributed by atoms with Crippen molar-refractivity contribution in [1.29, 1.82) is 0 Å². The van der Waals surface area contributed by atoms with Crippen molar-refractivity contribution >= 4 is 17.2 Å². The zero-order valence-electron chi connectivity index (χ0n) is 16.5. The molecule has 0 atom stereocenters. The number of benzene rings is 1. The number of aromatic nitrogens is 2. The van der Waals surface area contributed by atoms with Gasteiger partial charge in [-0.05, 0) is 55.9 Å². The second-order valence-electron chi connectivity index (χ2n) is 6.92. The van der Waals surface area contributed by atoms with E-state index in [9.17, 15) is 0 Å². The third kappa shape index (κ3) is 3.59. The van der Waals surface area contributed by atoms with Gasteiger partial charge >= 0.3 is 0 Å². The Kier molecular flexibility index (Phi) is 5.59. The highest BCUT2D eigenvalue weighted by Crippen LogP contribution is 2.39. The summed E-state index contributed by atoms with van der Waals surface area (Å²) in [5.74, 6) is 1.21. The summed E-state index contributed by atoms with van der Waals surface area (Å²) in [5.41, 5.74) is 6.29. The van der Waals surface area contributed by atoms with Gasteiger partial charge in [0.25, 0.3) is 0 Å². The van der Waals surface area contributed by atoms with Gasteiger partial charge in [-0.1, -0.05) is 13.3 Å². The van der Waals surface area contributed by atoms with Crippen LogP contribution in [-0.2, 0) is 19.9 Å². The van der Waals surface area contributed by atoms with Gasteiger partial charge in [-0.2, -0.15) is 0 Å². The molecular weight excluding hydrogens is 326 g/mol. The number of ether oxygens (including phenoxy) is 1. The van der Waals surface area contributed by atoms with Crippen molar-refractivity contribution in [3.05, 3.63) is 29.0 Å². The van der Waals surface area contributed by atoms with E-state index < -0.39 is 0 Å². The fourth-order valence-corrected chi connectivity index (χ4v) is 3.67. The number of nitrogens with zero attached hydrogens (tertiary/aromatic N) is 5. The van der Waals surface area contributed by atoms with E-state index in [0.717, 1.165) is 31.5 Å². The molecule has 0 aliphatic carbocycles. The van der Waals surface area contributed by atoms with Gasteiger partial charge in [0.2, 0.25) is 5.82 Å². The molecule has 1 aromatic carbocycles. The van der Waals surface area contributed by atoms with Crippen molar-refractivity contribution in [3.8, 4) is 5.75 Å². The SMILES string of the molecule is CCCc1c2c(cc(C)c1N=Nc1nn(C)cc1OCC)N(C)CCC2. The predicted octanol–water partition coefficient (Wildman–Crippen LogP) is 4.88. The van der Waals surface area contributed by atoms with Crippen molar-refractivity contribution in [1.82, 2.24) is 9.78 Å². The van der Waals surface area contributed by atoms with Crippen molar-refractivity contribution in [2.45, 2.75) is 46.5 Å².